The minimum Gasteiger partial charge on any atom is -0.493 e. The summed E-state index contributed by atoms with van der Waals surface area (Å²) < 4.78 is 10.8. The van der Waals surface area contributed by atoms with E-state index in [1.165, 1.54) is 0 Å². The summed E-state index contributed by atoms with van der Waals surface area (Å²) in [5.41, 5.74) is 0.648. The van der Waals surface area contributed by atoms with Gasteiger partial charge in [-0.05, 0) is 29.0 Å². The molecule has 0 aliphatic carbocycles. The molecule has 0 radical (unpaired) electrons. The van der Waals surface area contributed by atoms with E-state index in [2.05, 4.69) is 17.2 Å². The second kappa shape index (κ2) is 8.59. The summed E-state index contributed by atoms with van der Waals surface area (Å²) in [7, 11) is 1.59. The first kappa shape index (κ1) is 17.4. The zero-order chi connectivity index (χ0) is 18.2. The van der Waals surface area contributed by atoms with E-state index in [4.69, 9.17) is 9.47 Å². The lowest BCUT2D eigenvalue weighted by Gasteiger charge is -2.07. The van der Waals surface area contributed by atoms with E-state index in [-0.39, 0.29) is 19.1 Å². The van der Waals surface area contributed by atoms with Gasteiger partial charge in [0, 0.05) is 5.56 Å². The van der Waals surface area contributed by atoms with Gasteiger partial charge >= 0.3 is 0 Å². The normalized spacial score (nSPS) is 9.88. The Balaban J connectivity index is 1.54. The van der Waals surface area contributed by atoms with Crippen molar-refractivity contribution in [1.29, 1.82) is 0 Å². The largest absolute Gasteiger partial charge is 0.493 e. The van der Waals surface area contributed by atoms with Crippen LogP contribution in [0.5, 0.6) is 11.5 Å². The number of hydrogen-bond donors (Lipinski definition) is 1. The number of hydrogen-bond acceptors (Lipinski definition) is 3. The molecule has 0 unspecified atom stereocenters. The van der Waals surface area contributed by atoms with Crippen molar-refractivity contribution >= 4 is 16.7 Å². The molecule has 4 nitrogen and oxygen atoms in total. The molecule has 3 aromatic rings. The molecule has 0 saturated heterocycles. The molecule has 0 heterocycles. The SMILES string of the molecule is COc1ccccc1OCC#CCNC(=O)c1cccc2ccccc12. The molecule has 0 aliphatic rings. The van der Waals surface area contributed by atoms with Crippen LogP contribution in [-0.2, 0) is 0 Å². The maximum Gasteiger partial charge on any atom is 0.252 e. The van der Waals surface area contributed by atoms with Gasteiger partial charge in [0.05, 0.1) is 13.7 Å². The van der Waals surface area contributed by atoms with Gasteiger partial charge in [0.25, 0.3) is 5.91 Å². The summed E-state index contributed by atoms with van der Waals surface area (Å²) in [5, 5.41) is 4.79. The van der Waals surface area contributed by atoms with Crippen molar-refractivity contribution in [2.24, 2.45) is 0 Å². The van der Waals surface area contributed by atoms with Gasteiger partial charge in [0.15, 0.2) is 11.5 Å². The van der Waals surface area contributed by atoms with Crippen LogP contribution >= 0.6 is 0 Å². The first-order valence-electron chi connectivity index (χ1n) is 8.27. The van der Waals surface area contributed by atoms with E-state index in [1.54, 1.807) is 7.11 Å². The summed E-state index contributed by atoms with van der Waals surface area (Å²) in [5.74, 6) is 6.95. The summed E-state index contributed by atoms with van der Waals surface area (Å²) in [6.07, 6.45) is 0. The van der Waals surface area contributed by atoms with Crippen molar-refractivity contribution in [1.82, 2.24) is 5.32 Å². The zero-order valence-electron chi connectivity index (χ0n) is 14.5. The van der Waals surface area contributed by atoms with E-state index >= 15 is 0 Å². The van der Waals surface area contributed by atoms with Crippen molar-refractivity contribution in [3.8, 4) is 23.3 Å². The van der Waals surface area contributed by atoms with Crippen molar-refractivity contribution in [3.05, 3.63) is 72.3 Å². The van der Waals surface area contributed by atoms with Gasteiger partial charge in [-0.25, -0.2) is 0 Å². The number of nitrogens with one attached hydrogen (secondary N) is 1. The Morgan fingerprint density at radius 3 is 2.50 bits per heavy atom. The van der Waals surface area contributed by atoms with E-state index in [1.807, 2.05) is 66.7 Å². The third kappa shape index (κ3) is 4.14. The molecule has 0 fully saturated rings. The molecule has 3 aromatic carbocycles. The molecule has 0 spiro atoms. The fourth-order valence-corrected chi connectivity index (χ4v) is 2.61. The maximum atomic E-state index is 12.4. The number of ether oxygens (including phenoxy) is 2. The van der Waals surface area contributed by atoms with Crippen LogP contribution in [0.2, 0.25) is 0 Å². The van der Waals surface area contributed by atoms with E-state index in [0.29, 0.717) is 17.1 Å². The molecule has 0 bridgehead atoms. The average Bonchev–Trinajstić information content (AvgIpc) is 2.70. The molecule has 1 N–H and O–H groups in total. The highest BCUT2D eigenvalue weighted by molar-refractivity contribution is 6.07. The molecule has 3 rings (SSSR count). The second-order valence-corrected chi connectivity index (χ2v) is 5.50. The molecule has 0 aromatic heterocycles. The highest BCUT2D eigenvalue weighted by atomic mass is 16.5. The molecule has 130 valence electrons. The third-order valence-electron chi connectivity index (χ3n) is 3.87. The molecule has 4 heteroatoms. The number of rotatable bonds is 5. The lowest BCUT2D eigenvalue weighted by atomic mass is 10.0. The van der Waals surface area contributed by atoms with Crippen molar-refractivity contribution < 1.29 is 14.3 Å². The Hall–Kier alpha value is -3.45. The van der Waals surface area contributed by atoms with Gasteiger partial charge in [-0.15, -0.1) is 0 Å². The summed E-state index contributed by atoms with van der Waals surface area (Å²) in [6, 6.07) is 20.9. The number of fused-ring (bicyclic) bond motifs is 1. The number of carbonyl (C=O) groups is 1. The van der Waals surface area contributed by atoms with Gasteiger partial charge in [-0.1, -0.05) is 60.4 Å². The predicted octanol–water partition coefficient (Wildman–Crippen LogP) is 3.66. The quantitative estimate of drug-likeness (QED) is 0.718. The zero-order valence-corrected chi connectivity index (χ0v) is 14.5. The first-order chi connectivity index (χ1) is 12.8. The Labute approximate surface area is 152 Å². The topological polar surface area (TPSA) is 47.6 Å². The van der Waals surface area contributed by atoms with E-state index < -0.39 is 0 Å². The highest BCUT2D eigenvalue weighted by Gasteiger charge is 2.08. The van der Waals surface area contributed by atoms with Crippen LogP contribution in [0, 0.1) is 11.8 Å². The Morgan fingerprint density at radius 1 is 0.923 bits per heavy atom. The first-order valence-corrected chi connectivity index (χ1v) is 8.27. The van der Waals surface area contributed by atoms with Crippen LogP contribution in [0.4, 0.5) is 0 Å². The summed E-state index contributed by atoms with van der Waals surface area (Å²) in [4.78, 5) is 12.4. The summed E-state index contributed by atoms with van der Waals surface area (Å²) in [6.45, 7) is 0.488. The Kier molecular flexibility index (Phi) is 5.74. The smallest absolute Gasteiger partial charge is 0.252 e. The standard InChI is InChI=1S/C22H19NO3/c1-25-20-13-4-5-14-21(20)26-16-7-6-15-23-22(24)19-12-8-10-17-9-2-3-11-18(17)19/h2-5,8-14H,15-16H2,1H3,(H,23,24). The minimum atomic E-state index is -0.137. The van der Waals surface area contributed by atoms with Crippen molar-refractivity contribution in [2.75, 3.05) is 20.3 Å². The van der Waals surface area contributed by atoms with Gasteiger partial charge in [0.1, 0.15) is 6.61 Å². The average molecular weight is 345 g/mol. The lowest BCUT2D eigenvalue weighted by Crippen LogP contribution is -2.23. The molecular formula is C22H19NO3. The molecule has 0 saturated carbocycles. The molecule has 0 aliphatic heterocycles. The van der Waals surface area contributed by atoms with Gasteiger partial charge in [-0.2, -0.15) is 0 Å². The van der Waals surface area contributed by atoms with E-state index in [9.17, 15) is 4.79 Å². The number of para-hydroxylation sites is 2. The Morgan fingerprint density at radius 2 is 1.65 bits per heavy atom. The van der Waals surface area contributed by atoms with Gasteiger partial charge in [0.2, 0.25) is 0 Å². The van der Waals surface area contributed by atoms with Crippen molar-refractivity contribution in [2.45, 2.75) is 0 Å². The van der Waals surface area contributed by atoms with Gasteiger partial charge < -0.3 is 14.8 Å². The van der Waals surface area contributed by atoms with E-state index in [0.717, 1.165) is 10.8 Å². The number of benzene rings is 3. The minimum absolute atomic E-state index is 0.137. The summed E-state index contributed by atoms with van der Waals surface area (Å²) >= 11 is 0. The van der Waals surface area contributed by atoms with Crippen LogP contribution in [0.15, 0.2) is 66.7 Å². The maximum absolute atomic E-state index is 12.4. The Bertz CT molecular complexity index is 964. The fourth-order valence-electron chi connectivity index (χ4n) is 2.61. The molecule has 0 atom stereocenters. The molecular weight excluding hydrogens is 326 g/mol. The van der Waals surface area contributed by atoms with Gasteiger partial charge in [-0.3, -0.25) is 4.79 Å². The van der Waals surface area contributed by atoms with Crippen LogP contribution in [0.1, 0.15) is 10.4 Å². The third-order valence-corrected chi connectivity index (χ3v) is 3.87. The number of amides is 1. The predicted molar refractivity (Wildman–Crippen MR) is 103 cm³/mol. The van der Waals surface area contributed by atoms with Crippen LogP contribution < -0.4 is 14.8 Å². The van der Waals surface area contributed by atoms with Crippen LogP contribution in [-0.4, -0.2) is 26.2 Å². The second-order valence-electron chi connectivity index (χ2n) is 5.50. The number of carbonyl (C=O) groups excluding carboxylic acids is 1. The number of methoxy groups -OCH3 is 1. The molecule has 1 amide bonds. The monoisotopic (exact) mass is 345 g/mol. The highest BCUT2D eigenvalue weighted by Crippen LogP contribution is 2.25. The molecule has 26 heavy (non-hydrogen) atoms. The van der Waals surface area contributed by atoms with Crippen molar-refractivity contribution in [3.63, 3.8) is 0 Å². The van der Waals surface area contributed by atoms with Crippen LogP contribution in [0.25, 0.3) is 10.8 Å². The lowest BCUT2D eigenvalue weighted by molar-refractivity contribution is 0.0960. The fraction of sp³-hybridized carbons (Fsp3) is 0.136. The van der Waals surface area contributed by atoms with Crippen LogP contribution in [0.3, 0.4) is 0 Å².